The molecule has 10 heteroatoms. The van der Waals surface area contributed by atoms with Gasteiger partial charge in [-0.2, -0.15) is 5.26 Å². The monoisotopic (exact) mass is 698 g/mol. The second kappa shape index (κ2) is 16.2. The number of carbonyl (C=O) groups is 3. The molecule has 1 aromatic heterocycles. The molecule has 1 atom stereocenters. The number of thiophene rings is 1. The van der Waals surface area contributed by atoms with Crippen molar-refractivity contribution >= 4 is 57.6 Å². The van der Waals surface area contributed by atoms with Crippen molar-refractivity contribution in [2.24, 2.45) is 0 Å². The number of rotatable bonds is 11. The van der Waals surface area contributed by atoms with E-state index in [2.05, 4.69) is 22.0 Å². The van der Waals surface area contributed by atoms with Crippen molar-refractivity contribution in [3.63, 3.8) is 0 Å². The van der Waals surface area contributed by atoms with Crippen LogP contribution >= 0.6 is 23.1 Å². The number of amides is 3. The summed E-state index contributed by atoms with van der Waals surface area (Å²) >= 11 is 2.84. The van der Waals surface area contributed by atoms with Gasteiger partial charge in [0.05, 0.1) is 12.7 Å². The van der Waals surface area contributed by atoms with E-state index in [0.29, 0.717) is 33.1 Å². The first-order valence-electron chi connectivity index (χ1n) is 16.1. The first kappa shape index (κ1) is 34.2. The summed E-state index contributed by atoms with van der Waals surface area (Å²) in [4.78, 5) is 42.7. The molecule has 0 spiro atoms. The van der Waals surface area contributed by atoms with Crippen molar-refractivity contribution in [3.8, 4) is 11.8 Å². The summed E-state index contributed by atoms with van der Waals surface area (Å²) in [6.45, 7) is 0. The van der Waals surface area contributed by atoms with Crippen LogP contribution in [0.3, 0.4) is 0 Å². The minimum Gasteiger partial charge on any atom is -0.497 e. The Bertz CT molecular complexity index is 2090. The molecule has 0 saturated heterocycles. The van der Waals surface area contributed by atoms with Crippen LogP contribution in [0.15, 0.2) is 120 Å². The van der Waals surface area contributed by atoms with E-state index < -0.39 is 17.1 Å². The predicted molar refractivity (Wildman–Crippen MR) is 199 cm³/mol. The number of aryl methyl sites for hydroxylation is 1. The largest absolute Gasteiger partial charge is 0.497 e. The molecule has 8 nitrogen and oxygen atoms in total. The topological polar surface area (TPSA) is 120 Å². The van der Waals surface area contributed by atoms with Crippen molar-refractivity contribution in [1.82, 2.24) is 5.32 Å². The van der Waals surface area contributed by atoms with Crippen molar-refractivity contribution < 1.29 is 19.1 Å². The van der Waals surface area contributed by atoms with Crippen molar-refractivity contribution in [3.05, 3.63) is 148 Å². The zero-order chi connectivity index (χ0) is 34.9. The molecule has 1 heterocycles. The standard InChI is InChI=1S/C40H34N4O4S2/c1-48-30-18-10-12-26(22-30)23-34(43-37(45)28-15-6-3-7-16-28)38(46)42-29-17-11-19-31(24-29)49-36(27-13-4-2-5-14-27)39(47)44-40-33(25-41)32-20-8-9-21-35(32)50-40/h2-7,10-19,22-24,36H,8-9,20-21H2,1H3,(H,42,46)(H,43,45)(H,44,47)/b34-23-. The molecule has 0 fully saturated rings. The third-order valence-corrected chi connectivity index (χ3v) is 10.6. The van der Waals surface area contributed by atoms with Gasteiger partial charge in [-0.25, -0.2) is 0 Å². The lowest BCUT2D eigenvalue weighted by Crippen LogP contribution is -2.30. The number of hydrogen-bond donors (Lipinski definition) is 3. The summed E-state index contributed by atoms with van der Waals surface area (Å²) in [7, 11) is 1.56. The van der Waals surface area contributed by atoms with Gasteiger partial charge in [-0.05, 0) is 90.9 Å². The van der Waals surface area contributed by atoms with Crippen LogP contribution in [0.2, 0.25) is 0 Å². The molecule has 0 saturated carbocycles. The number of hydrogen-bond acceptors (Lipinski definition) is 7. The maximum atomic E-state index is 13.9. The fourth-order valence-electron chi connectivity index (χ4n) is 5.67. The molecule has 6 rings (SSSR count). The van der Waals surface area contributed by atoms with Gasteiger partial charge in [0.15, 0.2) is 0 Å². The van der Waals surface area contributed by atoms with Crippen LogP contribution in [-0.4, -0.2) is 24.8 Å². The number of thioether (sulfide) groups is 1. The van der Waals surface area contributed by atoms with E-state index in [0.717, 1.165) is 41.7 Å². The van der Waals surface area contributed by atoms with Gasteiger partial charge in [-0.1, -0.05) is 66.7 Å². The number of benzene rings is 4. The van der Waals surface area contributed by atoms with Gasteiger partial charge in [-0.3, -0.25) is 14.4 Å². The minimum atomic E-state index is -0.637. The Labute approximate surface area is 299 Å². The maximum absolute atomic E-state index is 13.9. The fraction of sp³-hybridized carbons (Fsp3) is 0.150. The van der Waals surface area contributed by atoms with E-state index in [1.807, 2.05) is 48.5 Å². The molecule has 0 aliphatic heterocycles. The van der Waals surface area contributed by atoms with Crippen molar-refractivity contribution in [2.75, 3.05) is 17.7 Å². The zero-order valence-corrected chi connectivity index (χ0v) is 28.9. The molecule has 1 aliphatic rings. The molecule has 1 aliphatic carbocycles. The number of carbonyl (C=O) groups excluding carboxylic acids is 3. The van der Waals surface area contributed by atoms with E-state index >= 15 is 0 Å². The lowest BCUT2D eigenvalue weighted by molar-refractivity contribution is -0.116. The summed E-state index contributed by atoms with van der Waals surface area (Å²) in [6, 6.07) is 34.8. The van der Waals surface area contributed by atoms with E-state index in [-0.39, 0.29) is 11.6 Å². The SMILES string of the molecule is COc1cccc(/C=C(\NC(=O)c2ccccc2)C(=O)Nc2cccc(SC(C(=O)Nc3sc4c(c3C#N)CCCC4)c3ccccc3)c2)c1. The molecule has 1 unspecified atom stereocenters. The van der Waals surface area contributed by atoms with Gasteiger partial charge in [0.25, 0.3) is 11.8 Å². The number of ether oxygens (including phenoxy) is 1. The Morgan fingerprint density at radius 1 is 0.880 bits per heavy atom. The van der Waals surface area contributed by atoms with Crippen LogP contribution in [0.25, 0.3) is 6.08 Å². The number of anilines is 2. The lowest BCUT2D eigenvalue weighted by atomic mass is 9.96. The van der Waals surface area contributed by atoms with E-state index in [4.69, 9.17) is 4.74 Å². The highest BCUT2D eigenvalue weighted by Gasteiger charge is 2.27. The lowest BCUT2D eigenvalue weighted by Gasteiger charge is -2.17. The van der Waals surface area contributed by atoms with E-state index in [1.54, 1.807) is 73.8 Å². The second-order valence-corrected chi connectivity index (χ2v) is 13.8. The molecule has 0 bridgehead atoms. The number of nitrogens with one attached hydrogen (secondary N) is 3. The van der Waals surface area contributed by atoms with Gasteiger partial charge in [0.1, 0.15) is 27.8 Å². The van der Waals surface area contributed by atoms with Crippen LogP contribution in [0.4, 0.5) is 10.7 Å². The Morgan fingerprint density at radius 3 is 2.38 bits per heavy atom. The van der Waals surface area contributed by atoms with Gasteiger partial charge in [0, 0.05) is 21.0 Å². The van der Waals surface area contributed by atoms with Crippen molar-refractivity contribution in [1.29, 1.82) is 5.26 Å². The van der Waals surface area contributed by atoms with Crippen LogP contribution in [0.1, 0.15) is 55.6 Å². The number of fused-ring (bicyclic) bond motifs is 1. The van der Waals surface area contributed by atoms with Crippen LogP contribution in [0.5, 0.6) is 5.75 Å². The summed E-state index contributed by atoms with van der Waals surface area (Å²) in [5, 5.41) is 18.7. The van der Waals surface area contributed by atoms with Gasteiger partial charge in [-0.15, -0.1) is 23.1 Å². The average molecular weight is 699 g/mol. The highest BCUT2D eigenvalue weighted by Crippen LogP contribution is 2.41. The Kier molecular flexibility index (Phi) is 11.1. The number of methoxy groups -OCH3 is 1. The average Bonchev–Trinajstić information content (AvgIpc) is 3.51. The fourth-order valence-corrected chi connectivity index (χ4v) is 8.00. The molecule has 4 aromatic carbocycles. The summed E-state index contributed by atoms with van der Waals surface area (Å²) < 4.78 is 5.34. The summed E-state index contributed by atoms with van der Waals surface area (Å²) in [6.07, 6.45) is 5.49. The maximum Gasteiger partial charge on any atom is 0.272 e. The molecule has 250 valence electrons. The Hall–Kier alpha value is -5.63. The van der Waals surface area contributed by atoms with E-state index in [1.165, 1.54) is 28.0 Å². The van der Waals surface area contributed by atoms with Gasteiger partial charge in [0.2, 0.25) is 5.91 Å². The predicted octanol–water partition coefficient (Wildman–Crippen LogP) is 8.39. The van der Waals surface area contributed by atoms with Crippen LogP contribution < -0.4 is 20.7 Å². The highest BCUT2D eigenvalue weighted by molar-refractivity contribution is 8.00. The number of nitriles is 1. The first-order valence-corrected chi connectivity index (χ1v) is 17.8. The molecular weight excluding hydrogens is 665 g/mol. The third-order valence-electron chi connectivity index (χ3n) is 8.14. The van der Waals surface area contributed by atoms with E-state index in [9.17, 15) is 19.6 Å². The van der Waals surface area contributed by atoms with Crippen LogP contribution in [0, 0.1) is 11.3 Å². The summed E-state index contributed by atoms with van der Waals surface area (Å²) in [5.41, 5.74) is 4.02. The molecule has 3 N–H and O–H groups in total. The molecule has 50 heavy (non-hydrogen) atoms. The minimum absolute atomic E-state index is 0.0404. The Morgan fingerprint density at radius 2 is 1.62 bits per heavy atom. The quantitative estimate of drug-likeness (QED) is 0.0942. The highest BCUT2D eigenvalue weighted by atomic mass is 32.2. The zero-order valence-electron chi connectivity index (χ0n) is 27.3. The Balaban J connectivity index is 1.24. The van der Waals surface area contributed by atoms with Crippen molar-refractivity contribution in [2.45, 2.75) is 35.8 Å². The molecule has 3 amide bonds. The summed E-state index contributed by atoms with van der Waals surface area (Å²) in [5.74, 6) is -0.584. The van der Waals surface area contributed by atoms with Crippen LogP contribution in [-0.2, 0) is 22.4 Å². The van der Waals surface area contributed by atoms with Gasteiger partial charge >= 0.3 is 0 Å². The second-order valence-electron chi connectivity index (χ2n) is 11.6. The molecular formula is C40H34N4O4S2. The van der Waals surface area contributed by atoms with Gasteiger partial charge < -0.3 is 20.7 Å². The number of nitrogens with zero attached hydrogens (tertiary/aromatic N) is 1. The first-order chi connectivity index (χ1) is 24.4. The normalized spacial score (nSPS) is 12.9. The third kappa shape index (κ3) is 8.32. The smallest absolute Gasteiger partial charge is 0.272 e. The molecule has 0 radical (unpaired) electrons. The molecule has 5 aromatic rings.